The molecule has 1 fully saturated rings. The van der Waals surface area contributed by atoms with E-state index in [9.17, 15) is 9.90 Å². The van der Waals surface area contributed by atoms with E-state index in [2.05, 4.69) is 36.9 Å². The van der Waals surface area contributed by atoms with Crippen molar-refractivity contribution in [1.29, 1.82) is 0 Å². The Balaban J connectivity index is 0.00000208. The third-order valence-electron chi connectivity index (χ3n) is 3.99. The van der Waals surface area contributed by atoms with E-state index in [-0.39, 0.29) is 24.2 Å². The lowest BCUT2D eigenvalue weighted by atomic mass is 10.1. The first-order chi connectivity index (χ1) is 11.1. The molecule has 2 unspecified atom stereocenters. The average molecular weight is 417 g/mol. The van der Waals surface area contributed by atoms with E-state index >= 15 is 0 Å². The summed E-state index contributed by atoms with van der Waals surface area (Å²) in [5.74, 6) is -0.248. The number of hydrogen-bond acceptors (Lipinski definition) is 5. The van der Waals surface area contributed by atoms with Crippen LogP contribution >= 0.6 is 28.3 Å². The van der Waals surface area contributed by atoms with E-state index in [0.717, 1.165) is 10.2 Å². The van der Waals surface area contributed by atoms with Gasteiger partial charge in [-0.3, -0.25) is 4.79 Å². The maximum atomic E-state index is 12.3. The molecule has 1 saturated heterocycles. The molecule has 0 saturated carbocycles. The van der Waals surface area contributed by atoms with Gasteiger partial charge in [0.05, 0.1) is 17.5 Å². The van der Waals surface area contributed by atoms with Gasteiger partial charge in [0.25, 0.3) is 5.91 Å². The van der Waals surface area contributed by atoms with Crippen molar-refractivity contribution in [2.75, 3.05) is 19.6 Å². The Hall–Kier alpha value is -1.48. The maximum Gasteiger partial charge on any atom is 0.273 e. The van der Waals surface area contributed by atoms with E-state index in [1.807, 2.05) is 31.2 Å². The monoisotopic (exact) mass is 415 g/mol. The van der Waals surface area contributed by atoms with Gasteiger partial charge in [-0.25, -0.2) is 4.68 Å². The lowest BCUT2D eigenvalue weighted by Gasteiger charge is -2.13. The molecule has 0 radical (unpaired) electrons. The minimum Gasteiger partial charge on any atom is -0.391 e. The molecule has 0 spiro atoms. The van der Waals surface area contributed by atoms with Gasteiger partial charge in [0.15, 0.2) is 5.69 Å². The first-order valence-electron chi connectivity index (χ1n) is 7.41. The number of β-amino-alcohol motifs (C(OH)–C–C–N with tert-alkyl or cyclic N) is 1. The zero-order valence-electron chi connectivity index (χ0n) is 13.1. The summed E-state index contributed by atoms with van der Waals surface area (Å²) in [4.78, 5) is 12.3. The summed E-state index contributed by atoms with van der Waals surface area (Å²) in [5, 5.41) is 23.7. The number of aromatic nitrogens is 3. The van der Waals surface area contributed by atoms with Crippen LogP contribution in [0.3, 0.4) is 0 Å². The van der Waals surface area contributed by atoms with Crippen LogP contribution in [-0.4, -0.2) is 51.7 Å². The van der Waals surface area contributed by atoms with E-state index in [4.69, 9.17) is 0 Å². The highest BCUT2D eigenvalue weighted by molar-refractivity contribution is 9.10. The van der Waals surface area contributed by atoms with E-state index in [1.165, 1.54) is 0 Å². The number of aliphatic hydroxyl groups is 1. The summed E-state index contributed by atoms with van der Waals surface area (Å²) in [5.41, 5.74) is 1.80. The molecule has 1 aromatic heterocycles. The molecular formula is C15H19BrClN5O2. The van der Waals surface area contributed by atoms with Gasteiger partial charge in [-0.1, -0.05) is 27.2 Å². The molecule has 9 heteroatoms. The molecule has 3 N–H and O–H groups in total. The first kappa shape index (κ1) is 18.9. The second-order valence-corrected chi connectivity index (χ2v) is 6.53. The molecule has 1 amide bonds. The Morgan fingerprint density at radius 2 is 2.29 bits per heavy atom. The average Bonchev–Trinajstić information content (AvgIpc) is 3.11. The number of aliphatic hydroxyl groups excluding tert-OH is 1. The molecule has 1 aliphatic heterocycles. The Kier molecular flexibility index (Phi) is 6.34. The second kappa shape index (κ2) is 8.06. The van der Waals surface area contributed by atoms with Crippen molar-refractivity contribution in [2.24, 2.45) is 5.92 Å². The number of halogens is 2. The highest BCUT2D eigenvalue weighted by atomic mass is 79.9. The number of benzene rings is 1. The summed E-state index contributed by atoms with van der Waals surface area (Å²) >= 11 is 3.42. The number of nitrogens with zero attached hydrogens (tertiary/aromatic N) is 3. The standard InChI is InChI=1S/C15H18BrN5O2.ClH/c1-9-14(15(23)18-7-10-6-17-8-13(10)22)19-20-21(9)12-4-2-3-11(16)5-12;/h2-5,10,13,17,22H,6-8H2,1H3,(H,18,23);1H. The fourth-order valence-corrected chi connectivity index (χ4v) is 3.01. The van der Waals surface area contributed by atoms with E-state index in [1.54, 1.807) is 4.68 Å². The van der Waals surface area contributed by atoms with Crippen molar-refractivity contribution in [3.05, 3.63) is 40.1 Å². The van der Waals surface area contributed by atoms with Crippen LogP contribution in [-0.2, 0) is 0 Å². The lowest BCUT2D eigenvalue weighted by molar-refractivity contribution is 0.0921. The van der Waals surface area contributed by atoms with Crippen LogP contribution in [0.25, 0.3) is 5.69 Å². The third kappa shape index (κ3) is 3.94. The molecule has 130 valence electrons. The summed E-state index contributed by atoms with van der Waals surface area (Å²) in [6, 6.07) is 7.62. The van der Waals surface area contributed by atoms with Crippen LogP contribution in [0.5, 0.6) is 0 Å². The van der Waals surface area contributed by atoms with Gasteiger partial charge in [-0.05, 0) is 25.1 Å². The van der Waals surface area contributed by atoms with Crippen LogP contribution in [0.1, 0.15) is 16.2 Å². The largest absolute Gasteiger partial charge is 0.391 e. The highest BCUT2D eigenvalue weighted by Gasteiger charge is 2.26. The Morgan fingerprint density at radius 3 is 2.96 bits per heavy atom. The zero-order valence-corrected chi connectivity index (χ0v) is 15.5. The quantitative estimate of drug-likeness (QED) is 0.693. The lowest BCUT2D eigenvalue weighted by Crippen LogP contribution is -2.34. The fourth-order valence-electron chi connectivity index (χ4n) is 2.63. The molecule has 0 aliphatic carbocycles. The summed E-state index contributed by atoms with van der Waals surface area (Å²) in [6.07, 6.45) is -0.422. The van der Waals surface area contributed by atoms with Crippen LogP contribution in [0, 0.1) is 12.8 Å². The Bertz CT molecular complexity index is 724. The summed E-state index contributed by atoms with van der Waals surface area (Å²) in [6.45, 7) is 3.49. The third-order valence-corrected chi connectivity index (χ3v) is 4.48. The molecule has 0 bridgehead atoms. The van der Waals surface area contributed by atoms with Crippen LogP contribution in [0.2, 0.25) is 0 Å². The molecular weight excluding hydrogens is 398 g/mol. The maximum absolute atomic E-state index is 12.3. The summed E-state index contributed by atoms with van der Waals surface area (Å²) < 4.78 is 2.56. The van der Waals surface area contributed by atoms with Gasteiger partial charge in [0.2, 0.25) is 0 Å². The van der Waals surface area contributed by atoms with Gasteiger partial charge in [0.1, 0.15) is 0 Å². The smallest absolute Gasteiger partial charge is 0.273 e. The molecule has 7 nitrogen and oxygen atoms in total. The zero-order chi connectivity index (χ0) is 16.4. The number of carbonyl (C=O) groups is 1. The molecule has 3 rings (SSSR count). The van der Waals surface area contributed by atoms with Crippen molar-refractivity contribution in [3.63, 3.8) is 0 Å². The van der Waals surface area contributed by atoms with Crippen molar-refractivity contribution < 1.29 is 9.90 Å². The van der Waals surface area contributed by atoms with Gasteiger partial charge >= 0.3 is 0 Å². The van der Waals surface area contributed by atoms with E-state index in [0.29, 0.717) is 31.0 Å². The molecule has 2 atom stereocenters. The SMILES string of the molecule is Cc1c(C(=O)NCC2CNCC2O)nnn1-c1cccc(Br)c1.Cl. The van der Waals surface area contributed by atoms with Gasteiger partial charge in [-0.2, -0.15) is 0 Å². The van der Waals surface area contributed by atoms with Gasteiger partial charge < -0.3 is 15.7 Å². The van der Waals surface area contributed by atoms with Crippen molar-refractivity contribution in [1.82, 2.24) is 25.6 Å². The van der Waals surface area contributed by atoms with Gasteiger partial charge in [-0.15, -0.1) is 17.5 Å². The van der Waals surface area contributed by atoms with Crippen LogP contribution in [0.15, 0.2) is 28.7 Å². The Morgan fingerprint density at radius 1 is 1.50 bits per heavy atom. The van der Waals surface area contributed by atoms with E-state index < -0.39 is 6.10 Å². The second-order valence-electron chi connectivity index (χ2n) is 5.61. The molecule has 2 heterocycles. The minimum atomic E-state index is -0.422. The predicted molar refractivity (Wildman–Crippen MR) is 95.7 cm³/mol. The van der Waals surface area contributed by atoms with Gasteiger partial charge in [0, 0.05) is 30.0 Å². The van der Waals surface area contributed by atoms with Crippen molar-refractivity contribution in [3.8, 4) is 5.69 Å². The summed E-state index contributed by atoms with van der Waals surface area (Å²) in [7, 11) is 0. The normalized spacial score (nSPS) is 19.8. The first-order valence-corrected chi connectivity index (χ1v) is 8.21. The molecule has 2 aromatic rings. The van der Waals surface area contributed by atoms with Crippen LogP contribution < -0.4 is 10.6 Å². The fraction of sp³-hybridized carbons (Fsp3) is 0.400. The molecule has 1 aliphatic rings. The molecule has 24 heavy (non-hydrogen) atoms. The van der Waals surface area contributed by atoms with Crippen molar-refractivity contribution >= 4 is 34.2 Å². The van der Waals surface area contributed by atoms with Crippen molar-refractivity contribution in [2.45, 2.75) is 13.0 Å². The predicted octanol–water partition coefficient (Wildman–Crippen LogP) is 1.07. The topological polar surface area (TPSA) is 92.1 Å². The number of amides is 1. The van der Waals surface area contributed by atoms with Crippen LogP contribution in [0.4, 0.5) is 0 Å². The Labute approximate surface area is 154 Å². The number of carbonyl (C=O) groups excluding carboxylic acids is 1. The number of nitrogens with one attached hydrogen (secondary N) is 2. The molecule has 1 aromatic carbocycles. The number of rotatable bonds is 4. The minimum absolute atomic E-state index is 0. The number of hydrogen-bond donors (Lipinski definition) is 3. The highest BCUT2D eigenvalue weighted by Crippen LogP contribution is 2.17.